The fourth-order valence-corrected chi connectivity index (χ4v) is 2.47. The molecular formula is C15H15BrFN3O. The molecule has 1 aromatic carbocycles. The minimum absolute atomic E-state index is 0.118. The number of rotatable bonds is 5. The summed E-state index contributed by atoms with van der Waals surface area (Å²) >= 11 is 3.30. The van der Waals surface area contributed by atoms with E-state index in [9.17, 15) is 9.18 Å². The molecule has 1 aliphatic rings. The normalized spacial score (nSPS) is 14.2. The molecular weight excluding hydrogens is 337 g/mol. The van der Waals surface area contributed by atoms with E-state index in [0.717, 1.165) is 22.6 Å². The molecule has 0 saturated heterocycles. The van der Waals surface area contributed by atoms with Crippen molar-refractivity contribution >= 4 is 21.6 Å². The summed E-state index contributed by atoms with van der Waals surface area (Å²) in [4.78, 5) is 12.0. The van der Waals surface area contributed by atoms with Crippen molar-refractivity contribution in [1.29, 1.82) is 0 Å². The minimum Gasteiger partial charge on any atom is -0.383 e. The number of anilines is 1. The van der Waals surface area contributed by atoms with Crippen molar-refractivity contribution < 1.29 is 4.39 Å². The van der Waals surface area contributed by atoms with Crippen molar-refractivity contribution in [2.45, 2.75) is 19.4 Å². The molecule has 1 saturated carbocycles. The summed E-state index contributed by atoms with van der Waals surface area (Å²) in [5.74, 6) is 0.381. The van der Waals surface area contributed by atoms with Gasteiger partial charge in [-0.3, -0.25) is 4.79 Å². The van der Waals surface area contributed by atoms with E-state index in [1.165, 1.54) is 29.7 Å². The highest BCUT2D eigenvalue weighted by molar-refractivity contribution is 9.10. The first-order valence-electron chi connectivity index (χ1n) is 6.87. The molecule has 1 aromatic heterocycles. The molecule has 0 aliphatic heterocycles. The van der Waals surface area contributed by atoms with Gasteiger partial charge in [0.15, 0.2) is 0 Å². The topological polar surface area (TPSA) is 46.9 Å². The highest BCUT2D eigenvalue weighted by atomic mass is 79.9. The number of nitrogens with one attached hydrogen (secondary N) is 1. The quantitative estimate of drug-likeness (QED) is 0.900. The Labute approximate surface area is 130 Å². The number of hydrogen-bond acceptors (Lipinski definition) is 3. The summed E-state index contributed by atoms with van der Waals surface area (Å²) in [7, 11) is 0. The fraction of sp³-hybridized carbons (Fsp3) is 0.333. The largest absolute Gasteiger partial charge is 0.383 e. The standard InChI is InChI=1S/C15H15BrFN3O/c16-12-3-4-14(17)11(5-12)9-20-15(21)6-13(8-19-20)18-7-10-1-2-10/h3-6,8,10,18H,1-2,7,9H2. The molecule has 2 aromatic rings. The molecule has 0 atom stereocenters. The zero-order chi connectivity index (χ0) is 14.8. The van der Waals surface area contributed by atoms with E-state index >= 15 is 0 Å². The molecule has 1 aliphatic carbocycles. The first-order chi connectivity index (χ1) is 10.1. The van der Waals surface area contributed by atoms with Crippen molar-refractivity contribution in [3.8, 4) is 0 Å². The molecule has 0 unspecified atom stereocenters. The predicted octanol–water partition coefficient (Wildman–Crippen LogP) is 3.02. The van der Waals surface area contributed by atoms with Crippen molar-refractivity contribution in [3.63, 3.8) is 0 Å². The van der Waals surface area contributed by atoms with Crippen LogP contribution in [0.1, 0.15) is 18.4 Å². The number of halogens is 2. The molecule has 21 heavy (non-hydrogen) atoms. The molecule has 0 amide bonds. The zero-order valence-corrected chi connectivity index (χ0v) is 12.9. The maximum Gasteiger partial charge on any atom is 0.269 e. The van der Waals surface area contributed by atoms with Crippen LogP contribution >= 0.6 is 15.9 Å². The average molecular weight is 352 g/mol. The van der Waals surface area contributed by atoms with E-state index in [1.807, 2.05) is 0 Å². The third-order valence-electron chi connectivity index (χ3n) is 3.49. The smallest absolute Gasteiger partial charge is 0.269 e. The lowest BCUT2D eigenvalue weighted by molar-refractivity contribution is 0.572. The lowest BCUT2D eigenvalue weighted by atomic mass is 10.2. The third kappa shape index (κ3) is 3.69. The summed E-state index contributed by atoms with van der Waals surface area (Å²) < 4.78 is 15.7. The van der Waals surface area contributed by atoms with Crippen LogP contribution in [0.5, 0.6) is 0 Å². The highest BCUT2D eigenvalue weighted by Crippen LogP contribution is 2.28. The van der Waals surface area contributed by atoms with Crippen LogP contribution in [0.3, 0.4) is 0 Å². The van der Waals surface area contributed by atoms with Gasteiger partial charge in [-0.05, 0) is 37.0 Å². The van der Waals surface area contributed by atoms with Gasteiger partial charge in [0.2, 0.25) is 0 Å². The Morgan fingerprint density at radius 3 is 2.90 bits per heavy atom. The Kier molecular flexibility index (Phi) is 4.05. The Balaban J connectivity index is 1.75. The molecule has 0 bridgehead atoms. The van der Waals surface area contributed by atoms with Crippen molar-refractivity contribution in [3.05, 3.63) is 56.7 Å². The number of aromatic nitrogens is 2. The monoisotopic (exact) mass is 351 g/mol. The van der Waals surface area contributed by atoms with E-state index in [4.69, 9.17) is 0 Å². The van der Waals surface area contributed by atoms with Gasteiger partial charge in [0.25, 0.3) is 5.56 Å². The first-order valence-corrected chi connectivity index (χ1v) is 7.66. The van der Waals surface area contributed by atoms with Crippen LogP contribution in [0, 0.1) is 11.7 Å². The summed E-state index contributed by atoms with van der Waals surface area (Å²) in [6.07, 6.45) is 4.11. The molecule has 1 heterocycles. The van der Waals surface area contributed by atoms with Gasteiger partial charge in [-0.1, -0.05) is 15.9 Å². The maximum absolute atomic E-state index is 13.7. The van der Waals surface area contributed by atoms with Crippen LogP contribution in [-0.4, -0.2) is 16.3 Å². The Morgan fingerprint density at radius 1 is 1.38 bits per heavy atom. The Morgan fingerprint density at radius 2 is 2.19 bits per heavy atom. The van der Waals surface area contributed by atoms with Gasteiger partial charge in [0.1, 0.15) is 5.82 Å². The van der Waals surface area contributed by atoms with Crippen LogP contribution in [-0.2, 0) is 6.54 Å². The third-order valence-corrected chi connectivity index (χ3v) is 3.98. The van der Waals surface area contributed by atoms with E-state index in [-0.39, 0.29) is 17.9 Å². The zero-order valence-electron chi connectivity index (χ0n) is 11.4. The first kappa shape index (κ1) is 14.3. The molecule has 4 nitrogen and oxygen atoms in total. The van der Waals surface area contributed by atoms with Crippen LogP contribution in [0.25, 0.3) is 0 Å². The van der Waals surface area contributed by atoms with Gasteiger partial charge in [0, 0.05) is 22.6 Å². The molecule has 1 fully saturated rings. The van der Waals surface area contributed by atoms with E-state index in [2.05, 4.69) is 26.3 Å². The minimum atomic E-state index is -0.345. The molecule has 0 radical (unpaired) electrons. The van der Waals surface area contributed by atoms with Gasteiger partial charge in [-0.15, -0.1) is 0 Å². The molecule has 110 valence electrons. The molecule has 3 rings (SSSR count). The second kappa shape index (κ2) is 5.97. The SMILES string of the molecule is O=c1cc(NCC2CC2)cnn1Cc1cc(Br)ccc1F. The lowest BCUT2D eigenvalue weighted by Gasteiger charge is -2.08. The Hall–Kier alpha value is -1.69. The fourth-order valence-electron chi connectivity index (χ4n) is 2.06. The van der Waals surface area contributed by atoms with Crippen LogP contribution in [0.4, 0.5) is 10.1 Å². The lowest BCUT2D eigenvalue weighted by Crippen LogP contribution is -2.23. The summed E-state index contributed by atoms with van der Waals surface area (Å²) in [6, 6.07) is 6.16. The van der Waals surface area contributed by atoms with E-state index in [1.54, 1.807) is 18.3 Å². The van der Waals surface area contributed by atoms with Gasteiger partial charge in [-0.25, -0.2) is 9.07 Å². The highest BCUT2D eigenvalue weighted by Gasteiger charge is 2.20. The van der Waals surface area contributed by atoms with Gasteiger partial charge < -0.3 is 5.32 Å². The average Bonchev–Trinajstić information content (AvgIpc) is 3.27. The summed E-state index contributed by atoms with van der Waals surface area (Å²) in [6.45, 7) is 0.998. The number of hydrogen-bond donors (Lipinski definition) is 1. The van der Waals surface area contributed by atoms with Crippen LogP contribution in [0.15, 0.2) is 39.7 Å². The maximum atomic E-state index is 13.7. The van der Waals surface area contributed by atoms with Crippen molar-refractivity contribution in [2.75, 3.05) is 11.9 Å². The van der Waals surface area contributed by atoms with Crippen molar-refractivity contribution in [2.24, 2.45) is 5.92 Å². The van der Waals surface area contributed by atoms with Crippen molar-refractivity contribution in [1.82, 2.24) is 9.78 Å². The van der Waals surface area contributed by atoms with Gasteiger partial charge in [-0.2, -0.15) is 5.10 Å². The second-order valence-electron chi connectivity index (χ2n) is 5.30. The van der Waals surface area contributed by atoms with Crippen LogP contribution in [0.2, 0.25) is 0 Å². The van der Waals surface area contributed by atoms with E-state index in [0.29, 0.717) is 5.56 Å². The number of nitrogens with zero attached hydrogens (tertiary/aromatic N) is 2. The Bertz CT molecular complexity index is 712. The van der Waals surface area contributed by atoms with E-state index < -0.39 is 0 Å². The predicted molar refractivity (Wildman–Crippen MR) is 82.9 cm³/mol. The number of benzene rings is 1. The summed E-state index contributed by atoms with van der Waals surface area (Å²) in [5, 5.41) is 7.30. The van der Waals surface area contributed by atoms with Gasteiger partial charge >= 0.3 is 0 Å². The van der Waals surface area contributed by atoms with Gasteiger partial charge in [0.05, 0.1) is 18.4 Å². The molecule has 0 spiro atoms. The molecule has 1 N–H and O–H groups in total. The van der Waals surface area contributed by atoms with Crippen LogP contribution < -0.4 is 10.9 Å². The molecule has 6 heteroatoms. The second-order valence-corrected chi connectivity index (χ2v) is 6.22. The summed E-state index contributed by atoms with van der Waals surface area (Å²) in [5.41, 5.74) is 0.908.